The molecule has 3 rings (SSSR count). The fraction of sp³-hybridized carbons (Fsp3) is 0.625. The Bertz CT molecular complexity index is 840. The van der Waals surface area contributed by atoms with E-state index < -0.39 is 0 Å². The van der Waals surface area contributed by atoms with Crippen LogP contribution in [-0.4, -0.2) is 51.8 Å². The van der Waals surface area contributed by atoms with Crippen molar-refractivity contribution in [3.05, 3.63) is 41.5 Å². The van der Waals surface area contributed by atoms with E-state index in [0.717, 1.165) is 63.8 Å². The summed E-state index contributed by atoms with van der Waals surface area (Å²) in [7, 11) is 0. The summed E-state index contributed by atoms with van der Waals surface area (Å²) in [6, 6.07) is 8.88. The van der Waals surface area contributed by atoms with Gasteiger partial charge in [-0.25, -0.2) is 0 Å². The van der Waals surface area contributed by atoms with Crippen LogP contribution in [0.1, 0.15) is 64.3 Å². The van der Waals surface area contributed by atoms with Crippen molar-refractivity contribution in [2.24, 2.45) is 5.92 Å². The summed E-state index contributed by atoms with van der Waals surface area (Å²) in [6.07, 6.45) is 1.74. The lowest BCUT2D eigenvalue weighted by Gasteiger charge is -2.23. The highest BCUT2D eigenvalue weighted by molar-refractivity contribution is 5.73. The van der Waals surface area contributed by atoms with Crippen molar-refractivity contribution in [3.63, 3.8) is 0 Å². The summed E-state index contributed by atoms with van der Waals surface area (Å²) < 4.78 is 2.23. The summed E-state index contributed by atoms with van der Waals surface area (Å²) in [5.74, 6) is 2.36. The van der Waals surface area contributed by atoms with Crippen molar-refractivity contribution < 1.29 is 4.79 Å². The first-order valence-electron chi connectivity index (χ1n) is 11.7. The van der Waals surface area contributed by atoms with Gasteiger partial charge in [0.05, 0.1) is 6.04 Å². The second-order valence-electron chi connectivity index (χ2n) is 8.87. The lowest BCUT2D eigenvalue weighted by molar-refractivity contribution is -0.119. The van der Waals surface area contributed by atoms with E-state index in [0.29, 0.717) is 5.92 Å². The molecule has 0 radical (unpaired) electrons. The summed E-state index contributed by atoms with van der Waals surface area (Å²) in [5, 5.41) is 12.0. The maximum Gasteiger partial charge on any atom is 0.217 e. The second-order valence-corrected chi connectivity index (χ2v) is 8.87. The maximum atomic E-state index is 11.7. The molecule has 7 nitrogen and oxygen atoms in total. The topological polar surface area (TPSA) is 66.3 Å². The van der Waals surface area contributed by atoms with Crippen molar-refractivity contribution in [2.75, 3.05) is 31.1 Å². The molecule has 2 heterocycles. The number of hydrogen-bond donors (Lipinski definition) is 1. The molecule has 31 heavy (non-hydrogen) atoms. The van der Waals surface area contributed by atoms with Gasteiger partial charge >= 0.3 is 0 Å². The normalized spacial score (nSPS) is 15.4. The van der Waals surface area contributed by atoms with Crippen molar-refractivity contribution in [1.29, 1.82) is 0 Å². The first kappa shape index (κ1) is 23.3. The zero-order valence-corrected chi connectivity index (χ0v) is 19.8. The molecule has 170 valence electrons. The Morgan fingerprint density at radius 2 is 1.81 bits per heavy atom. The SMILES string of the molecule is CCN(CC)c1ccc(CN2CCc3nnc(C(CC(C)C)NC(C)=O)n3CC2)cc1. The lowest BCUT2D eigenvalue weighted by Crippen LogP contribution is -2.31. The van der Waals surface area contributed by atoms with Crippen molar-refractivity contribution in [2.45, 2.75) is 66.6 Å². The average Bonchev–Trinajstić information content (AvgIpc) is 3.03. The van der Waals surface area contributed by atoms with Crippen LogP contribution in [0, 0.1) is 5.92 Å². The predicted molar refractivity (Wildman–Crippen MR) is 125 cm³/mol. The lowest BCUT2D eigenvalue weighted by atomic mass is 10.0. The minimum absolute atomic E-state index is 0.0218. The molecule has 0 spiro atoms. The fourth-order valence-electron chi connectivity index (χ4n) is 4.41. The van der Waals surface area contributed by atoms with E-state index in [1.165, 1.54) is 11.3 Å². The number of benzene rings is 1. The number of carbonyl (C=O) groups excluding carboxylic acids is 1. The molecular weight excluding hydrogens is 388 g/mol. The van der Waals surface area contributed by atoms with E-state index in [1.54, 1.807) is 6.92 Å². The first-order valence-corrected chi connectivity index (χ1v) is 11.7. The van der Waals surface area contributed by atoms with Crippen LogP contribution in [0.3, 0.4) is 0 Å². The number of fused-ring (bicyclic) bond motifs is 1. The molecule has 2 aromatic rings. The van der Waals surface area contributed by atoms with E-state index >= 15 is 0 Å². The van der Waals surface area contributed by atoms with Crippen molar-refractivity contribution >= 4 is 11.6 Å². The van der Waals surface area contributed by atoms with Gasteiger partial charge < -0.3 is 14.8 Å². The zero-order valence-electron chi connectivity index (χ0n) is 19.8. The second kappa shape index (κ2) is 10.8. The number of anilines is 1. The van der Waals surface area contributed by atoms with E-state index in [-0.39, 0.29) is 11.9 Å². The Balaban J connectivity index is 1.67. The molecule has 0 fully saturated rings. The van der Waals surface area contributed by atoms with Gasteiger partial charge in [-0.05, 0) is 43.9 Å². The summed E-state index contributed by atoms with van der Waals surface area (Å²) >= 11 is 0. The highest BCUT2D eigenvalue weighted by Crippen LogP contribution is 2.23. The maximum absolute atomic E-state index is 11.7. The van der Waals surface area contributed by atoms with Gasteiger partial charge in [-0.15, -0.1) is 10.2 Å². The third-order valence-corrected chi connectivity index (χ3v) is 6.01. The van der Waals surface area contributed by atoms with Gasteiger partial charge in [0.1, 0.15) is 5.82 Å². The summed E-state index contributed by atoms with van der Waals surface area (Å²) in [6.45, 7) is 16.0. The number of aromatic nitrogens is 3. The molecule has 0 saturated carbocycles. The minimum atomic E-state index is -0.0853. The molecule has 1 atom stereocenters. The Labute approximate surface area is 186 Å². The number of rotatable bonds is 9. The van der Waals surface area contributed by atoms with Crippen LogP contribution in [-0.2, 0) is 24.3 Å². The number of amides is 1. The van der Waals surface area contributed by atoms with Crippen LogP contribution >= 0.6 is 0 Å². The number of hydrogen-bond acceptors (Lipinski definition) is 5. The number of nitrogens with one attached hydrogen (secondary N) is 1. The standard InChI is InChI=1S/C24H38N6O/c1-6-29(7-2)21-10-8-20(9-11-21)17-28-13-12-23-26-27-24(30(23)15-14-28)22(16-18(3)4)25-19(5)31/h8-11,18,22H,6-7,12-17H2,1-5H3,(H,25,31). The molecule has 1 unspecified atom stereocenters. The van der Waals surface area contributed by atoms with E-state index in [9.17, 15) is 4.79 Å². The zero-order chi connectivity index (χ0) is 22.4. The van der Waals surface area contributed by atoms with Gasteiger partial charge in [0.15, 0.2) is 5.82 Å². The van der Waals surface area contributed by atoms with Crippen LogP contribution in [0.15, 0.2) is 24.3 Å². The molecule has 0 aliphatic carbocycles. The van der Waals surface area contributed by atoms with Gasteiger partial charge in [-0.3, -0.25) is 9.69 Å². The van der Waals surface area contributed by atoms with Gasteiger partial charge in [0.2, 0.25) is 5.91 Å². The molecule has 1 aromatic heterocycles. The predicted octanol–water partition coefficient (Wildman–Crippen LogP) is 3.41. The van der Waals surface area contributed by atoms with Gasteiger partial charge in [-0.1, -0.05) is 26.0 Å². The average molecular weight is 427 g/mol. The van der Waals surface area contributed by atoms with Gasteiger partial charge in [0, 0.05) is 58.3 Å². The Morgan fingerprint density at radius 1 is 1.10 bits per heavy atom. The summed E-state index contributed by atoms with van der Waals surface area (Å²) in [4.78, 5) is 16.6. The third-order valence-electron chi connectivity index (χ3n) is 6.01. The Hall–Kier alpha value is -2.41. The minimum Gasteiger partial charge on any atom is -0.372 e. The van der Waals surface area contributed by atoms with Crippen LogP contribution in [0.25, 0.3) is 0 Å². The third kappa shape index (κ3) is 6.06. The Morgan fingerprint density at radius 3 is 2.42 bits per heavy atom. The highest BCUT2D eigenvalue weighted by atomic mass is 16.1. The van der Waals surface area contributed by atoms with Crippen LogP contribution in [0.2, 0.25) is 0 Å². The quantitative estimate of drug-likeness (QED) is 0.666. The van der Waals surface area contributed by atoms with Crippen LogP contribution in [0.4, 0.5) is 5.69 Å². The monoisotopic (exact) mass is 426 g/mol. The van der Waals surface area contributed by atoms with E-state index in [4.69, 9.17) is 0 Å². The molecule has 1 aliphatic heterocycles. The molecule has 1 amide bonds. The fourth-order valence-corrected chi connectivity index (χ4v) is 4.41. The molecular formula is C24H38N6O. The van der Waals surface area contributed by atoms with Crippen molar-refractivity contribution in [3.8, 4) is 0 Å². The molecule has 1 N–H and O–H groups in total. The number of carbonyl (C=O) groups is 1. The highest BCUT2D eigenvalue weighted by Gasteiger charge is 2.25. The van der Waals surface area contributed by atoms with E-state index in [2.05, 4.69) is 81.8 Å². The first-order chi connectivity index (χ1) is 14.9. The van der Waals surface area contributed by atoms with Gasteiger partial charge in [0.25, 0.3) is 0 Å². The smallest absolute Gasteiger partial charge is 0.217 e. The number of nitrogens with zero attached hydrogens (tertiary/aromatic N) is 5. The van der Waals surface area contributed by atoms with Crippen LogP contribution < -0.4 is 10.2 Å². The Kier molecular flexibility index (Phi) is 8.07. The molecule has 0 bridgehead atoms. The molecule has 1 aliphatic rings. The van der Waals surface area contributed by atoms with Crippen LogP contribution in [0.5, 0.6) is 0 Å². The molecule has 1 aromatic carbocycles. The molecule has 7 heteroatoms. The summed E-state index contributed by atoms with van der Waals surface area (Å²) in [5.41, 5.74) is 2.62. The van der Waals surface area contributed by atoms with Crippen molar-refractivity contribution in [1.82, 2.24) is 25.0 Å². The van der Waals surface area contributed by atoms with Gasteiger partial charge in [-0.2, -0.15) is 0 Å². The van der Waals surface area contributed by atoms with E-state index in [1.807, 2.05) is 0 Å². The largest absolute Gasteiger partial charge is 0.372 e. The molecule has 0 saturated heterocycles.